The summed E-state index contributed by atoms with van der Waals surface area (Å²) in [5.74, 6) is -0.707. The van der Waals surface area contributed by atoms with Crippen molar-refractivity contribution in [3.63, 3.8) is 0 Å². The van der Waals surface area contributed by atoms with Gasteiger partial charge in [0.15, 0.2) is 11.7 Å². The van der Waals surface area contributed by atoms with Gasteiger partial charge in [0.1, 0.15) is 21.8 Å². The summed E-state index contributed by atoms with van der Waals surface area (Å²) in [6.45, 7) is 0. The van der Waals surface area contributed by atoms with Gasteiger partial charge in [-0.15, -0.1) is 0 Å². The highest BCUT2D eigenvalue weighted by atomic mass is 16.3. The number of aromatic hydroxyl groups is 2. The van der Waals surface area contributed by atoms with Crippen LogP contribution >= 0.6 is 0 Å². The molecule has 50 heavy (non-hydrogen) atoms. The number of fused-ring (bicyclic) bond motifs is 2. The highest BCUT2D eigenvalue weighted by molar-refractivity contribution is 6.11. The zero-order chi connectivity index (χ0) is 34.8. The SMILES string of the molecule is N=C1c2c(O)[nH]c(=O)/c(=C/c3ccccc3)c2=NN1c1ccccc1.N=C1c2c(O)[nH]c(=O)/c(=C/c3cccnc3)c2=NN1c1ccccc1. The highest BCUT2D eigenvalue weighted by Gasteiger charge is 2.28. The fourth-order valence-electron chi connectivity index (χ4n) is 5.48. The number of nitrogens with one attached hydrogen (secondary N) is 4. The van der Waals surface area contributed by atoms with Crippen LogP contribution in [0.4, 0.5) is 11.4 Å². The number of hydrogen-bond acceptors (Lipinski definition) is 9. The second kappa shape index (κ2) is 13.0. The molecule has 0 spiro atoms. The van der Waals surface area contributed by atoms with E-state index in [9.17, 15) is 19.8 Å². The molecule has 8 rings (SSSR count). The molecule has 0 fully saturated rings. The lowest BCUT2D eigenvalue weighted by Gasteiger charge is -2.13. The minimum atomic E-state index is -0.480. The first-order valence-corrected chi connectivity index (χ1v) is 15.2. The van der Waals surface area contributed by atoms with E-state index in [-0.39, 0.29) is 45.1 Å². The molecule has 0 radical (unpaired) electrons. The topological polar surface area (TPSA) is 198 Å². The van der Waals surface area contributed by atoms with E-state index >= 15 is 0 Å². The van der Waals surface area contributed by atoms with Gasteiger partial charge in [0, 0.05) is 12.4 Å². The summed E-state index contributed by atoms with van der Waals surface area (Å²) < 4.78 is 0. The van der Waals surface area contributed by atoms with Crippen molar-refractivity contribution >= 4 is 35.2 Å². The summed E-state index contributed by atoms with van der Waals surface area (Å²) in [6, 6.07) is 31.2. The third-order valence-electron chi connectivity index (χ3n) is 7.82. The Kier molecular flexibility index (Phi) is 8.12. The van der Waals surface area contributed by atoms with Crippen molar-refractivity contribution in [3.8, 4) is 11.8 Å². The van der Waals surface area contributed by atoms with Gasteiger partial charge in [-0.05, 0) is 53.6 Å². The lowest BCUT2D eigenvalue weighted by molar-refractivity contribution is 0.448. The van der Waals surface area contributed by atoms with Crippen LogP contribution in [0.5, 0.6) is 11.8 Å². The van der Waals surface area contributed by atoms with Crippen molar-refractivity contribution in [1.82, 2.24) is 15.0 Å². The number of para-hydroxylation sites is 2. The van der Waals surface area contributed by atoms with Crippen molar-refractivity contribution in [1.29, 1.82) is 10.8 Å². The molecule has 13 nitrogen and oxygen atoms in total. The van der Waals surface area contributed by atoms with Gasteiger partial charge >= 0.3 is 0 Å². The van der Waals surface area contributed by atoms with Crippen molar-refractivity contribution < 1.29 is 10.2 Å². The predicted molar refractivity (Wildman–Crippen MR) is 188 cm³/mol. The molecule has 5 heterocycles. The Balaban J connectivity index is 0.000000157. The van der Waals surface area contributed by atoms with E-state index in [2.05, 4.69) is 25.2 Å². The minimum Gasteiger partial charge on any atom is -0.494 e. The lowest BCUT2D eigenvalue weighted by atomic mass is 10.1. The van der Waals surface area contributed by atoms with E-state index in [0.29, 0.717) is 22.0 Å². The highest BCUT2D eigenvalue weighted by Crippen LogP contribution is 2.22. The standard InChI is InChI=1S/C19H14N4O2.C18H13N5O2/c20-17-15-16(22-23(17)13-9-5-2-6-10-13)14(18(24)21-19(15)25)11-12-7-3-1-4-8-12;19-16-14-15(22-23(16)12-6-2-1-3-7-12)13(17(24)21-18(14)25)9-11-5-4-8-20-10-11/h1-11,20,25H,(H,21,24);1-10,19,25H,(H,21,24)/b14-11+,20-17?;13-9+,19-16?. The van der Waals surface area contributed by atoms with Gasteiger partial charge in [0.05, 0.1) is 21.8 Å². The van der Waals surface area contributed by atoms with Crippen LogP contribution in [0.1, 0.15) is 22.3 Å². The van der Waals surface area contributed by atoms with E-state index in [4.69, 9.17) is 10.8 Å². The molecule has 0 saturated heterocycles. The molecule has 6 N–H and O–H groups in total. The molecule has 2 aliphatic heterocycles. The molecule has 0 amide bonds. The molecule has 0 unspecified atom stereocenters. The first-order chi connectivity index (χ1) is 24.3. The van der Waals surface area contributed by atoms with Crippen molar-refractivity contribution in [2.75, 3.05) is 10.0 Å². The minimum absolute atomic E-state index is 0.00390. The Labute approximate surface area is 282 Å². The van der Waals surface area contributed by atoms with E-state index < -0.39 is 11.1 Å². The van der Waals surface area contributed by atoms with Crippen LogP contribution in [0.3, 0.4) is 0 Å². The molecular formula is C37H27N9O4. The molecule has 3 aromatic carbocycles. The van der Waals surface area contributed by atoms with Crippen LogP contribution in [0.25, 0.3) is 12.2 Å². The third kappa shape index (κ3) is 5.82. The number of rotatable bonds is 4. The van der Waals surface area contributed by atoms with Crippen LogP contribution in [0.2, 0.25) is 0 Å². The zero-order valence-corrected chi connectivity index (χ0v) is 26.1. The number of H-pyrrole nitrogens is 2. The first-order valence-electron chi connectivity index (χ1n) is 15.2. The van der Waals surface area contributed by atoms with Crippen LogP contribution in [-0.4, -0.2) is 36.8 Å². The Morgan fingerprint density at radius 1 is 0.580 bits per heavy atom. The van der Waals surface area contributed by atoms with Gasteiger partial charge in [-0.2, -0.15) is 10.2 Å². The molecule has 13 heteroatoms. The normalized spacial score (nSPS) is 13.7. The Hall–Kier alpha value is -7.41. The molecule has 0 bridgehead atoms. The predicted octanol–water partition coefficient (Wildman–Crippen LogP) is 1.97. The van der Waals surface area contributed by atoms with Gasteiger partial charge in [-0.1, -0.05) is 72.8 Å². The van der Waals surface area contributed by atoms with Gasteiger partial charge < -0.3 is 10.2 Å². The Morgan fingerprint density at radius 3 is 1.44 bits per heavy atom. The largest absolute Gasteiger partial charge is 0.494 e. The van der Waals surface area contributed by atoms with Crippen LogP contribution in [-0.2, 0) is 0 Å². The molecule has 2 aliphatic rings. The number of nitrogens with zero attached hydrogens (tertiary/aromatic N) is 5. The first kappa shape index (κ1) is 31.2. The second-order valence-corrected chi connectivity index (χ2v) is 11.1. The maximum absolute atomic E-state index is 12.4. The molecule has 3 aromatic heterocycles. The quantitative estimate of drug-likeness (QED) is 0.166. The number of pyridine rings is 3. The molecule has 244 valence electrons. The number of hydrogen-bond donors (Lipinski definition) is 6. The molecule has 0 aliphatic carbocycles. The Bertz CT molecular complexity index is 2460. The molecule has 6 aromatic rings. The summed E-state index contributed by atoms with van der Waals surface area (Å²) in [4.78, 5) is 33.5. The maximum atomic E-state index is 12.4. The van der Waals surface area contributed by atoms with Crippen LogP contribution in [0, 0.1) is 10.8 Å². The second-order valence-electron chi connectivity index (χ2n) is 11.1. The fraction of sp³-hybridized carbons (Fsp3) is 0. The number of aromatic nitrogens is 3. The van der Waals surface area contributed by atoms with E-state index in [1.54, 1.807) is 48.8 Å². The van der Waals surface area contributed by atoms with Gasteiger partial charge in [0.2, 0.25) is 11.8 Å². The smallest absolute Gasteiger partial charge is 0.260 e. The number of aromatic amines is 2. The van der Waals surface area contributed by atoms with Crippen molar-refractivity contribution in [3.05, 3.63) is 180 Å². The zero-order valence-electron chi connectivity index (χ0n) is 26.1. The van der Waals surface area contributed by atoms with E-state index in [0.717, 1.165) is 11.1 Å². The summed E-state index contributed by atoms with van der Waals surface area (Å²) >= 11 is 0. The van der Waals surface area contributed by atoms with Gasteiger partial charge in [-0.3, -0.25) is 35.4 Å². The number of anilines is 2. The summed E-state index contributed by atoms with van der Waals surface area (Å²) in [6.07, 6.45) is 6.59. The molecule has 0 saturated carbocycles. The maximum Gasteiger partial charge on any atom is 0.260 e. The Morgan fingerprint density at radius 2 is 1.00 bits per heavy atom. The van der Waals surface area contributed by atoms with Gasteiger partial charge in [0.25, 0.3) is 11.1 Å². The van der Waals surface area contributed by atoms with E-state index in [1.807, 2.05) is 78.9 Å². The molecular weight excluding hydrogens is 634 g/mol. The summed E-state index contributed by atoms with van der Waals surface area (Å²) in [5.41, 5.74) is 2.38. The fourth-order valence-corrected chi connectivity index (χ4v) is 5.48. The van der Waals surface area contributed by atoms with E-state index in [1.165, 1.54) is 10.0 Å². The van der Waals surface area contributed by atoms with Crippen LogP contribution in [0.15, 0.2) is 135 Å². The summed E-state index contributed by atoms with van der Waals surface area (Å²) in [5, 5.41) is 49.7. The average molecular weight is 662 g/mol. The van der Waals surface area contributed by atoms with Gasteiger partial charge in [-0.25, -0.2) is 10.0 Å². The van der Waals surface area contributed by atoms with Crippen LogP contribution < -0.4 is 42.3 Å². The van der Waals surface area contributed by atoms with Crippen molar-refractivity contribution in [2.45, 2.75) is 0 Å². The monoisotopic (exact) mass is 661 g/mol. The third-order valence-corrected chi connectivity index (χ3v) is 7.82. The van der Waals surface area contributed by atoms with Crippen molar-refractivity contribution in [2.24, 2.45) is 10.2 Å². The lowest BCUT2D eigenvalue weighted by Crippen LogP contribution is -2.42. The average Bonchev–Trinajstić information content (AvgIpc) is 3.68. The summed E-state index contributed by atoms with van der Waals surface area (Å²) in [7, 11) is 0. The number of benzene rings is 3. The number of amidine groups is 2. The molecule has 0 atom stereocenters.